The summed E-state index contributed by atoms with van der Waals surface area (Å²) in [5, 5.41) is 0. The second-order valence-electron chi connectivity index (χ2n) is 8.12. The van der Waals surface area contributed by atoms with Crippen LogP contribution in [0.2, 0.25) is 0 Å². The van der Waals surface area contributed by atoms with Gasteiger partial charge in [-0.05, 0) is 35.7 Å². The predicted octanol–water partition coefficient (Wildman–Crippen LogP) is 3.77. The minimum atomic E-state index is -0.229. The van der Waals surface area contributed by atoms with Gasteiger partial charge < -0.3 is 14.1 Å². The molecule has 2 heterocycles. The van der Waals surface area contributed by atoms with E-state index in [1.54, 1.807) is 13.4 Å². The van der Waals surface area contributed by atoms with Gasteiger partial charge in [0.2, 0.25) is 5.91 Å². The number of carbonyl (C=O) groups excluding carboxylic acids is 1. The van der Waals surface area contributed by atoms with Crippen LogP contribution in [-0.2, 0) is 16.1 Å². The largest absolute Gasteiger partial charge is 0.468 e. The number of rotatable bonds is 9. The number of likely N-dealkylation sites (tertiary alicyclic amines) is 1. The summed E-state index contributed by atoms with van der Waals surface area (Å²) in [5.41, 5.74) is 1.11. The van der Waals surface area contributed by atoms with Crippen LogP contribution < -0.4 is 0 Å². The number of halogens is 1. The Morgan fingerprint density at radius 1 is 1.28 bits per heavy atom. The lowest BCUT2D eigenvalue weighted by Gasteiger charge is -2.29. The summed E-state index contributed by atoms with van der Waals surface area (Å²) < 4.78 is 24.2. The molecule has 1 saturated heterocycles. The molecular weight excluding hydrogens is 371 g/mol. The highest BCUT2D eigenvalue weighted by molar-refractivity contribution is 5.78. The van der Waals surface area contributed by atoms with Gasteiger partial charge in [-0.3, -0.25) is 9.69 Å². The van der Waals surface area contributed by atoms with Gasteiger partial charge in [0.1, 0.15) is 11.6 Å². The van der Waals surface area contributed by atoms with Gasteiger partial charge in [0.15, 0.2) is 0 Å². The van der Waals surface area contributed by atoms with Gasteiger partial charge in [-0.15, -0.1) is 0 Å². The van der Waals surface area contributed by atoms with E-state index in [-0.39, 0.29) is 29.5 Å². The molecule has 5 nitrogen and oxygen atoms in total. The zero-order valence-electron chi connectivity index (χ0n) is 17.5. The lowest BCUT2D eigenvalue weighted by Crippen LogP contribution is -2.41. The molecule has 0 N–H and O–H groups in total. The third-order valence-corrected chi connectivity index (χ3v) is 5.60. The molecule has 2 unspecified atom stereocenters. The van der Waals surface area contributed by atoms with E-state index < -0.39 is 0 Å². The van der Waals surface area contributed by atoms with Gasteiger partial charge in [-0.25, -0.2) is 4.39 Å². The first-order valence-electron chi connectivity index (χ1n) is 10.3. The van der Waals surface area contributed by atoms with Crippen LogP contribution in [0.5, 0.6) is 0 Å². The Morgan fingerprint density at radius 2 is 2.03 bits per heavy atom. The van der Waals surface area contributed by atoms with Crippen molar-refractivity contribution in [1.82, 2.24) is 9.80 Å². The summed E-state index contributed by atoms with van der Waals surface area (Å²) in [4.78, 5) is 17.0. The van der Waals surface area contributed by atoms with Crippen molar-refractivity contribution in [2.45, 2.75) is 26.3 Å². The smallest absolute Gasteiger partial charge is 0.225 e. The molecular formula is C23H31FN2O3. The Hall–Kier alpha value is -2.18. The minimum Gasteiger partial charge on any atom is -0.468 e. The number of furan rings is 1. The number of carbonyl (C=O) groups is 1. The molecule has 6 heteroatoms. The minimum absolute atomic E-state index is 0.0586. The first-order valence-corrected chi connectivity index (χ1v) is 10.3. The quantitative estimate of drug-likeness (QED) is 0.641. The number of nitrogens with zero attached hydrogens (tertiary/aromatic N) is 2. The second-order valence-corrected chi connectivity index (χ2v) is 8.12. The van der Waals surface area contributed by atoms with Crippen molar-refractivity contribution in [2.75, 3.05) is 39.9 Å². The molecule has 1 amide bonds. The molecule has 1 fully saturated rings. The summed E-state index contributed by atoms with van der Waals surface area (Å²) in [7, 11) is 1.65. The molecule has 2 atom stereocenters. The zero-order chi connectivity index (χ0) is 20.8. The Bertz CT molecular complexity index is 761. The highest BCUT2D eigenvalue weighted by Crippen LogP contribution is 2.34. The van der Waals surface area contributed by atoms with E-state index in [1.807, 2.05) is 43.0 Å². The number of amides is 1. The van der Waals surface area contributed by atoms with E-state index in [0.29, 0.717) is 19.7 Å². The predicted molar refractivity (Wildman–Crippen MR) is 110 cm³/mol. The normalized spacial score (nSPS) is 19.8. The third-order valence-electron chi connectivity index (χ3n) is 5.60. The van der Waals surface area contributed by atoms with Gasteiger partial charge in [0.25, 0.3) is 0 Å². The maximum absolute atomic E-state index is 13.5. The van der Waals surface area contributed by atoms with Crippen LogP contribution in [0.1, 0.15) is 31.1 Å². The summed E-state index contributed by atoms with van der Waals surface area (Å²) in [5.74, 6) is 1.28. The fourth-order valence-electron chi connectivity index (χ4n) is 4.13. The molecule has 29 heavy (non-hydrogen) atoms. The van der Waals surface area contributed by atoms with Crippen LogP contribution in [0.25, 0.3) is 0 Å². The molecule has 1 aliphatic heterocycles. The maximum Gasteiger partial charge on any atom is 0.225 e. The average molecular weight is 403 g/mol. The van der Waals surface area contributed by atoms with Gasteiger partial charge in [0.05, 0.1) is 19.4 Å². The highest BCUT2D eigenvalue weighted by atomic mass is 19.1. The van der Waals surface area contributed by atoms with Crippen LogP contribution >= 0.6 is 0 Å². The number of benzene rings is 1. The fraction of sp³-hybridized carbons (Fsp3) is 0.522. The number of hydrogen-bond donors (Lipinski definition) is 0. The third kappa shape index (κ3) is 5.67. The molecule has 0 saturated carbocycles. The molecule has 0 bridgehead atoms. The monoisotopic (exact) mass is 402 g/mol. The molecule has 158 valence electrons. The number of ether oxygens (including phenoxy) is 1. The first-order chi connectivity index (χ1) is 14.0. The summed E-state index contributed by atoms with van der Waals surface area (Å²) in [6.45, 7) is 8.06. The Morgan fingerprint density at radius 3 is 2.66 bits per heavy atom. The second kappa shape index (κ2) is 10.0. The maximum atomic E-state index is 13.5. The number of hydrogen-bond acceptors (Lipinski definition) is 4. The fourth-order valence-corrected chi connectivity index (χ4v) is 4.13. The zero-order valence-corrected chi connectivity index (χ0v) is 17.5. The highest BCUT2D eigenvalue weighted by Gasteiger charge is 2.36. The van der Waals surface area contributed by atoms with Gasteiger partial charge in [-0.2, -0.15) is 0 Å². The molecule has 3 rings (SSSR count). The standard InChI is InChI=1S/C23H31FN2O3/c1-17(2)23(27)26(10-12-28-3)14-19-13-25(15-21-5-4-11-29-21)16-22(19)18-6-8-20(24)9-7-18/h4-9,11,17,19,22H,10,12-16H2,1-3H3. The molecule has 1 aromatic heterocycles. The van der Waals surface area contributed by atoms with E-state index in [2.05, 4.69) is 4.90 Å². The van der Waals surface area contributed by atoms with Crippen molar-refractivity contribution in [2.24, 2.45) is 11.8 Å². The van der Waals surface area contributed by atoms with Crippen molar-refractivity contribution in [3.05, 3.63) is 59.8 Å². The van der Waals surface area contributed by atoms with Crippen LogP contribution in [0.4, 0.5) is 4.39 Å². The Labute approximate surface area is 172 Å². The average Bonchev–Trinajstić information content (AvgIpc) is 3.35. The first kappa shape index (κ1) is 21.5. The molecule has 0 radical (unpaired) electrons. The molecule has 1 aliphatic rings. The van der Waals surface area contributed by atoms with Crippen molar-refractivity contribution in [1.29, 1.82) is 0 Å². The SMILES string of the molecule is COCCN(CC1CN(Cc2ccco2)CC1c1ccc(F)cc1)C(=O)C(C)C. The summed E-state index contributed by atoms with van der Waals surface area (Å²) in [6, 6.07) is 10.6. The van der Waals surface area contributed by atoms with E-state index in [9.17, 15) is 9.18 Å². The van der Waals surface area contributed by atoms with Crippen LogP contribution in [0.15, 0.2) is 47.1 Å². The topological polar surface area (TPSA) is 45.9 Å². The van der Waals surface area contributed by atoms with Crippen LogP contribution in [-0.4, -0.2) is 55.6 Å². The van der Waals surface area contributed by atoms with Crippen molar-refractivity contribution < 1.29 is 18.3 Å². The van der Waals surface area contributed by atoms with E-state index in [1.165, 1.54) is 12.1 Å². The van der Waals surface area contributed by atoms with Crippen molar-refractivity contribution in [3.8, 4) is 0 Å². The summed E-state index contributed by atoms with van der Waals surface area (Å²) >= 11 is 0. The Balaban J connectivity index is 1.78. The van der Waals surface area contributed by atoms with Gasteiger partial charge >= 0.3 is 0 Å². The van der Waals surface area contributed by atoms with Gasteiger partial charge in [-0.1, -0.05) is 26.0 Å². The van der Waals surface area contributed by atoms with Crippen molar-refractivity contribution in [3.63, 3.8) is 0 Å². The molecule has 1 aromatic carbocycles. The summed E-state index contributed by atoms with van der Waals surface area (Å²) in [6.07, 6.45) is 1.69. The van der Waals surface area contributed by atoms with E-state index in [0.717, 1.165) is 31.0 Å². The number of methoxy groups -OCH3 is 1. The lowest BCUT2D eigenvalue weighted by molar-refractivity contribution is -0.135. The van der Waals surface area contributed by atoms with Crippen molar-refractivity contribution >= 4 is 5.91 Å². The molecule has 0 aliphatic carbocycles. The Kier molecular flexibility index (Phi) is 7.45. The molecule has 0 spiro atoms. The van der Waals surface area contributed by atoms with Crippen LogP contribution in [0, 0.1) is 17.7 Å². The lowest BCUT2D eigenvalue weighted by atomic mass is 9.88. The van der Waals surface area contributed by atoms with Gasteiger partial charge in [0, 0.05) is 45.1 Å². The van der Waals surface area contributed by atoms with E-state index in [4.69, 9.17) is 9.15 Å². The molecule has 2 aromatic rings. The van der Waals surface area contributed by atoms with E-state index >= 15 is 0 Å². The van der Waals surface area contributed by atoms with Crippen LogP contribution in [0.3, 0.4) is 0 Å².